The van der Waals surface area contributed by atoms with Crippen LogP contribution in [0.25, 0.3) is 11.0 Å². The number of hydrogen-bond acceptors (Lipinski definition) is 9. The molecule has 1 saturated heterocycles. The Balaban J connectivity index is 1.39. The van der Waals surface area contributed by atoms with Crippen molar-refractivity contribution in [1.29, 1.82) is 0 Å². The number of methoxy groups -OCH3 is 1. The summed E-state index contributed by atoms with van der Waals surface area (Å²) in [5.41, 5.74) is -1.56. The highest BCUT2D eigenvalue weighted by atomic mass is 19.3. The molecule has 1 N–H and O–H groups in total. The minimum Gasteiger partial charge on any atom is -0.471 e. The molecule has 262 valence electrons. The Kier molecular flexibility index (Phi) is 9.09. The predicted octanol–water partition coefficient (Wildman–Crippen LogP) is 5.58. The van der Waals surface area contributed by atoms with Crippen LogP contribution in [0, 0.1) is 23.2 Å². The Morgan fingerprint density at radius 2 is 1.83 bits per heavy atom. The lowest BCUT2D eigenvalue weighted by Gasteiger charge is -2.35. The van der Waals surface area contributed by atoms with E-state index in [-0.39, 0.29) is 42.1 Å². The minimum absolute atomic E-state index is 0.0177. The third kappa shape index (κ3) is 6.95. The maximum Gasteiger partial charge on any atom is 0.408 e. The highest BCUT2D eigenvalue weighted by molar-refractivity contribution is 5.91. The average Bonchev–Trinajstić information content (AvgIpc) is 3.50. The van der Waals surface area contributed by atoms with Gasteiger partial charge in [0.2, 0.25) is 11.8 Å². The van der Waals surface area contributed by atoms with Crippen molar-refractivity contribution < 1.29 is 50.9 Å². The van der Waals surface area contributed by atoms with E-state index < -0.39 is 78.2 Å². The van der Waals surface area contributed by atoms with Crippen LogP contribution >= 0.6 is 0 Å². The molecular weight excluding hydrogens is 640 g/mol. The fourth-order valence-electron chi connectivity index (χ4n) is 7.46. The second-order valence-corrected chi connectivity index (χ2v) is 14.3. The fourth-order valence-corrected chi connectivity index (χ4v) is 7.46. The number of halogens is 4. The third-order valence-electron chi connectivity index (χ3n) is 9.92. The third-order valence-corrected chi connectivity index (χ3v) is 9.92. The number of ether oxygens (including phenoxy) is 4. The van der Waals surface area contributed by atoms with Crippen LogP contribution in [0.15, 0.2) is 18.2 Å². The number of carbonyl (C=O) groups is 3. The van der Waals surface area contributed by atoms with Crippen molar-refractivity contribution in [2.24, 2.45) is 23.2 Å². The molecule has 2 aliphatic carbocycles. The van der Waals surface area contributed by atoms with Gasteiger partial charge in [0.25, 0.3) is 5.92 Å². The van der Waals surface area contributed by atoms with Gasteiger partial charge in [-0.3, -0.25) is 4.79 Å². The van der Waals surface area contributed by atoms with E-state index in [4.69, 9.17) is 14.2 Å². The quantitative estimate of drug-likeness (QED) is 0.326. The summed E-state index contributed by atoms with van der Waals surface area (Å²) in [6.45, 7) is 1.94. The summed E-state index contributed by atoms with van der Waals surface area (Å²) in [4.78, 5) is 50.0. The molecule has 7 atom stereocenters. The molecule has 3 fully saturated rings. The second kappa shape index (κ2) is 12.8. The van der Waals surface area contributed by atoms with Gasteiger partial charge in [0.15, 0.2) is 5.69 Å². The summed E-state index contributed by atoms with van der Waals surface area (Å²) < 4.78 is 79.2. The zero-order valence-electron chi connectivity index (χ0n) is 27.2. The van der Waals surface area contributed by atoms with Gasteiger partial charge in [0, 0.05) is 18.9 Å². The highest BCUT2D eigenvalue weighted by Crippen LogP contribution is 2.58. The standard InChI is InChI=1S/C33H40F4N4O7/c1-32(2,3)26-28(42)41-15-18(14-23(41)29(43)45-4)46-27-25(38-21-9-8-17(47-30(34)35)13-22(21)39-27)33(36,37)10-6-5-7-19-20-11-16(20)12-24(19)48-31(44)40-26/h8-9,13,16,18-20,23-24,26,30H,5-7,10-12,14-15H2,1-4H3,(H,40,44)/t16?,18-,19-,20+,23+,24-,26-/m1/s1. The first kappa shape index (κ1) is 34.0. The van der Waals surface area contributed by atoms with Crippen molar-refractivity contribution in [3.05, 3.63) is 23.9 Å². The Morgan fingerprint density at radius 1 is 1.06 bits per heavy atom. The number of aromatic nitrogens is 2. The lowest BCUT2D eigenvalue weighted by molar-refractivity contribution is -0.152. The van der Waals surface area contributed by atoms with Gasteiger partial charge in [0.1, 0.15) is 30.0 Å². The fraction of sp³-hybridized carbons (Fsp3) is 0.667. The number of hydrogen-bond donors (Lipinski definition) is 1. The lowest BCUT2D eigenvalue weighted by Crippen LogP contribution is -2.57. The molecule has 0 spiro atoms. The molecule has 15 heteroatoms. The van der Waals surface area contributed by atoms with Gasteiger partial charge in [-0.25, -0.2) is 19.6 Å². The van der Waals surface area contributed by atoms with Crippen molar-refractivity contribution in [2.75, 3.05) is 13.7 Å². The number of alkyl halides is 4. The molecular formula is C33H40F4N4O7. The summed E-state index contributed by atoms with van der Waals surface area (Å²) in [7, 11) is 1.16. The first-order valence-corrected chi connectivity index (χ1v) is 16.3. The highest BCUT2D eigenvalue weighted by Gasteiger charge is 2.55. The molecule has 4 aliphatic rings. The van der Waals surface area contributed by atoms with Crippen molar-refractivity contribution in [3.63, 3.8) is 0 Å². The van der Waals surface area contributed by atoms with Crippen molar-refractivity contribution >= 4 is 29.0 Å². The summed E-state index contributed by atoms with van der Waals surface area (Å²) in [5, 5.41) is 2.75. The maximum absolute atomic E-state index is 16.0. The van der Waals surface area contributed by atoms with E-state index in [0.29, 0.717) is 31.1 Å². The molecule has 11 nitrogen and oxygen atoms in total. The molecule has 2 amide bonds. The number of alkyl carbamates (subject to hydrolysis) is 1. The summed E-state index contributed by atoms with van der Waals surface area (Å²) in [5.74, 6) is -4.85. The van der Waals surface area contributed by atoms with Crippen LogP contribution in [-0.4, -0.2) is 77.4 Å². The lowest BCUT2D eigenvalue weighted by atomic mass is 9.85. The van der Waals surface area contributed by atoms with Gasteiger partial charge in [-0.15, -0.1) is 0 Å². The van der Waals surface area contributed by atoms with Crippen molar-refractivity contribution in [3.8, 4) is 11.6 Å². The number of benzene rings is 1. The second-order valence-electron chi connectivity index (χ2n) is 14.3. The number of fused-ring (bicyclic) bond motifs is 7. The topological polar surface area (TPSA) is 129 Å². The van der Waals surface area contributed by atoms with Gasteiger partial charge in [0.05, 0.1) is 24.7 Å². The van der Waals surface area contributed by atoms with E-state index >= 15 is 8.78 Å². The number of nitrogens with one attached hydrogen (secondary N) is 1. The molecule has 2 aliphatic heterocycles. The molecule has 1 aromatic heterocycles. The molecule has 1 unspecified atom stereocenters. The maximum atomic E-state index is 16.0. The van der Waals surface area contributed by atoms with Crippen LogP contribution in [0.2, 0.25) is 0 Å². The summed E-state index contributed by atoms with van der Waals surface area (Å²) in [6.07, 6.45) is 0.0110. The van der Waals surface area contributed by atoms with Crippen LogP contribution in [-0.2, 0) is 25.0 Å². The van der Waals surface area contributed by atoms with Crippen LogP contribution in [0.1, 0.15) is 71.4 Å². The number of rotatable bonds is 3. The van der Waals surface area contributed by atoms with Gasteiger partial charge >= 0.3 is 18.7 Å². The van der Waals surface area contributed by atoms with Crippen molar-refractivity contribution in [2.45, 2.75) is 103 Å². The largest absolute Gasteiger partial charge is 0.471 e. The van der Waals surface area contributed by atoms with Gasteiger partial charge in [-0.1, -0.05) is 27.2 Å². The van der Waals surface area contributed by atoms with E-state index in [1.54, 1.807) is 20.8 Å². The molecule has 2 saturated carbocycles. The SMILES string of the molecule is COC(=O)[C@@H]1C[C@@H]2CN1C(=O)[C@H](C(C)(C)C)NC(=O)O[C@@H]1CC3C[C@@H]3[C@H]1CCCCC(F)(F)c1nc3ccc(OC(F)F)cc3nc1O2. The smallest absolute Gasteiger partial charge is 0.408 e. The minimum atomic E-state index is -3.50. The molecule has 2 bridgehead atoms. The number of nitrogens with zero attached hydrogens (tertiary/aromatic N) is 3. The van der Waals surface area contributed by atoms with E-state index in [0.717, 1.165) is 19.6 Å². The molecule has 2 aromatic rings. The van der Waals surface area contributed by atoms with Crippen LogP contribution < -0.4 is 14.8 Å². The molecule has 6 rings (SSSR count). The monoisotopic (exact) mass is 680 g/mol. The first-order chi connectivity index (χ1) is 22.6. The Labute approximate surface area is 275 Å². The van der Waals surface area contributed by atoms with E-state index in [2.05, 4.69) is 20.0 Å². The van der Waals surface area contributed by atoms with Gasteiger partial charge in [-0.05, 0) is 61.0 Å². The van der Waals surface area contributed by atoms with E-state index in [1.165, 1.54) is 17.0 Å². The molecule has 48 heavy (non-hydrogen) atoms. The van der Waals surface area contributed by atoms with Crippen molar-refractivity contribution in [1.82, 2.24) is 20.2 Å². The van der Waals surface area contributed by atoms with Gasteiger partial charge < -0.3 is 29.2 Å². The van der Waals surface area contributed by atoms with Crippen LogP contribution in [0.4, 0.5) is 22.4 Å². The predicted molar refractivity (Wildman–Crippen MR) is 161 cm³/mol. The summed E-state index contributed by atoms with van der Waals surface area (Å²) in [6, 6.07) is 1.32. The molecule has 3 heterocycles. The van der Waals surface area contributed by atoms with E-state index in [1.807, 2.05) is 0 Å². The number of esters is 1. The number of carbonyl (C=O) groups excluding carboxylic acids is 3. The normalized spacial score (nSPS) is 30.6. The average molecular weight is 681 g/mol. The number of amides is 2. The zero-order chi connectivity index (χ0) is 34.5. The summed E-state index contributed by atoms with van der Waals surface area (Å²) >= 11 is 0. The van der Waals surface area contributed by atoms with Crippen LogP contribution in [0.5, 0.6) is 11.6 Å². The van der Waals surface area contributed by atoms with Crippen LogP contribution in [0.3, 0.4) is 0 Å². The van der Waals surface area contributed by atoms with Gasteiger partial charge in [-0.2, -0.15) is 17.6 Å². The Bertz CT molecular complexity index is 1570. The molecule has 0 radical (unpaired) electrons. The molecule has 1 aromatic carbocycles. The Morgan fingerprint density at radius 3 is 2.54 bits per heavy atom. The van der Waals surface area contributed by atoms with E-state index in [9.17, 15) is 23.2 Å². The zero-order valence-corrected chi connectivity index (χ0v) is 27.2. The Hall–Kier alpha value is -3.91. The first-order valence-electron chi connectivity index (χ1n) is 16.3.